The molecule has 4 heteroatoms. The van der Waals surface area contributed by atoms with Crippen molar-refractivity contribution in [2.24, 2.45) is 0 Å². The molecule has 0 fully saturated rings. The summed E-state index contributed by atoms with van der Waals surface area (Å²) >= 11 is 0. The predicted octanol–water partition coefficient (Wildman–Crippen LogP) is 6.44. The molecule has 0 saturated carbocycles. The van der Waals surface area contributed by atoms with Crippen LogP contribution in [0.5, 0.6) is 0 Å². The number of carbonyl (C=O) groups excluding carboxylic acids is 2. The van der Waals surface area contributed by atoms with Crippen molar-refractivity contribution in [3.05, 3.63) is 155 Å². The van der Waals surface area contributed by atoms with Gasteiger partial charge in [-0.2, -0.15) is 0 Å². The zero-order valence-electron chi connectivity index (χ0n) is 20.0. The van der Waals surface area contributed by atoms with Gasteiger partial charge in [-0.25, -0.2) is 0 Å². The van der Waals surface area contributed by atoms with Crippen molar-refractivity contribution in [1.82, 2.24) is 0 Å². The fraction of sp³-hybridized carbons (Fsp3) is 0.125. The first-order valence-corrected chi connectivity index (χ1v) is 11.9. The molecule has 0 radical (unpaired) electrons. The summed E-state index contributed by atoms with van der Waals surface area (Å²) in [5.41, 5.74) is 4.73. The van der Waals surface area contributed by atoms with E-state index in [2.05, 4.69) is 0 Å². The summed E-state index contributed by atoms with van der Waals surface area (Å²) < 4.78 is 11.4. The third-order valence-electron chi connectivity index (χ3n) is 5.64. The van der Waals surface area contributed by atoms with E-state index < -0.39 is 0 Å². The molecule has 0 amide bonds. The molecule has 0 unspecified atom stereocenters. The minimum Gasteiger partial charge on any atom is -0.373 e. The highest BCUT2D eigenvalue weighted by molar-refractivity contribution is 6.09. The van der Waals surface area contributed by atoms with Gasteiger partial charge in [0.1, 0.15) is 0 Å². The summed E-state index contributed by atoms with van der Waals surface area (Å²) in [6.45, 7) is 1.90. The summed E-state index contributed by atoms with van der Waals surface area (Å²) in [4.78, 5) is 24.9. The minimum atomic E-state index is 0.0163. The van der Waals surface area contributed by atoms with Crippen LogP contribution in [0, 0.1) is 0 Å². The highest BCUT2D eigenvalue weighted by Gasteiger charge is 2.09. The first-order valence-electron chi connectivity index (χ1n) is 11.9. The van der Waals surface area contributed by atoms with Crippen LogP contribution in [0.25, 0.3) is 0 Å². The third-order valence-corrected chi connectivity index (χ3v) is 5.64. The molecule has 0 aliphatic carbocycles. The van der Waals surface area contributed by atoms with E-state index in [9.17, 15) is 9.59 Å². The van der Waals surface area contributed by atoms with Gasteiger partial charge in [-0.1, -0.05) is 121 Å². The lowest BCUT2D eigenvalue weighted by Crippen LogP contribution is -2.01. The smallest absolute Gasteiger partial charge is 0.193 e. The average molecular weight is 477 g/mol. The van der Waals surface area contributed by atoms with E-state index in [1.54, 1.807) is 0 Å². The number of ether oxygens (including phenoxy) is 2. The fourth-order valence-electron chi connectivity index (χ4n) is 3.64. The van der Waals surface area contributed by atoms with Crippen molar-refractivity contribution in [2.75, 3.05) is 13.2 Å². The molecule has 0 aliphatic heterocycles. The molecule has 4 aromatic carbocycles. The Morgan fingerprint density at radius 1 is 0.472 bits per heavy atom. The van der Waals surface area contributed by atoms with Crippen molar-refractivity contribution in [3.8, 4) is 0 Å². The maximum atomic E-state index is 12.5. The molecular formula is C32H28O4. The average Bonchev–Trinajstić information content (AvgIpc) is 2.95. The first kappa shape index (κ1) is 25.0. The van der Waals surface area contributed by atoms with Crippen LogP contribution in [0.15, 0.2) is 121 Å². The summed E-state index contributed by atoms with van der Waals surface area (Å²) in [7, 11) is 0. The normalized spacial score (nSPS) is 11.0. The van der Waals surface area contributed by atoms with E-state index in [0.29, 0.717) is 48.7 Å². The van der Waals surface area contributed by atoms with Crippen LogP contribution in [0.4, 0.5) is 0 Å². The summed E-state index contributed by atoms with van der Waals surface area (Å²) in [6, 6.07) is 33.5. The van der Waals surface area contributed by atoms with Crippen molar-refractivity contribution in [2.45, 2.75) is 13.2 Å². The van der Waals surface area contributed by atoms with Gasteiger partial charge in [0, 0.05) is 22.3 Å². The van der Waals surface area contributed by atoms with Crippen LogP contribution in [-0.4, -0.2) is 24.8 Å². The Hall–Kier alpha value is -4.12. The largest absolute Gasteiger partial charge is 0.373 e. The Kier molecular flexibility index (Phi) is 9.09. The van der Waals surface area contributed by atoms with Crippen molar-refractivity contribution in [1.29, 1.82) is 0 Å². The van der Waals surface area contributed by atoms with Gasteiger partial charge in [-0.15, -0.1) is 0 Å². The van der Waals surface area contributed by atoms with E-state index >= 15 is 0 Å². The van der Waals surface area contributed by atoms with Crippen LogP contribution < -0.4 is 0 Å². The maximum absolute atomic E-state index is 12.5. The van der Waals surface area contributed by atoms with Gasteiger partial charge in [-0.05, 0) is 11.1 Å². The van der Waals surface area contributed by atoms with Gasteiger partial charge in [0.2, 0.25) is 0 Å². The first-order chi connectivity index (χ1) is 17.7. The van der Waals surface area contributed by atoms with Gasteiger partial charge >= 0.3 is 0 Å². The van der Waals surface area contributed by atoms with Gasteiger partial charge < -0.3 is 9.47 Å². The molecule has 0 aliphatic rings. The number of ketones is 2. The maximum Gasteiger partial charge on any atom is 0.193 e. The highest BCUT2D eigenvalue weighted by Crippen LogP contribution is 2.13. The lowest BCUT2D eigenvalue weighted by atomic mass is 10.0. The molecule has 0 atom stereocenters. The predicted molar refractivity (Wildman–Crippen MR) is 141 cm³/mol. The summed E-state index contributed by atoms with van der Waals surface area (Å²) in [6.07, 6.45) is 3.85. The topological polar surface area (TPSA) is 52.6 Å². The SMILES string of the molecule is O=C(c1ccccc1)c1ccc(COCC=CCOCc2ccc(C(=O)c3ccccc3)cc2)cc1. The summed E-state index contributed by atoms with van der Waals surface area (Å²) in [5, 5.41) is 0. The molecule has 180 valence electrons. The zero-order valence-corrected chi connectivity index (χ0v) is 20.0. The zero-order chi connectivity index (χ0) is 25.0. The Labute approximate surface area is 211 Å². The van der Waals surface area contributed by atoms with Crippen molar-refractivity contribution < 1.29 is 19.1 Å². The number of hydrogen-bond acceptors (Lipinski definition) is 4. The quantitative estimate of drug-likeness (QED) is 0.134. The Balaban J connectivity index is 1.12. The van der Waals surface area contributed by atoms with E-state index in [1.165, 1.54) is 0 Å². The second-order valence-corrected chi connectivity index (χ2v) is 8.29. The highest BCUT2D eigenvalue weighted by atomic mass is 16.5. The molecule has 4 aromatic rings. The van der Waals surface area contributed by atoms with Gasteiger partial charge in [-0.3, -0.25) is 9.59 Å². The number of benzene rings is 4. The Morgan fingerprint density at radius 2 is 0.806 bits per heavy atom. The van der Waals surface area contributed by atoms with Crippen LogP contribution >= 0.6 is 0 Å². The lowest BCUT2D eigenvalue weighted by molar-refractivity contribution is 0.103. The van der Waals surface area contributed by atoms with E-state index in [4.69, 9.17) is 9.47 Å². The van der Waals surface area contributed by atoms with Crippen LogP contribution in [0.3, 0.4) is 0 Å². The van der Waals surface area contributed by atoms with Crippen LogP contribution in [0.2, 0.25) is 0 Å². The molecule has 0 N–H and O–H groups in total. The van der Waals surface area contributed by atoms with Crippen LogP contribution in [0.1, 0.15) is 43.0 Å². The number of hydrogen-bond donors (Lipinski definition) is 0. The second kappa shape index (κ2) is 13.1. The molecular weight excluding hydrogens is 448 g/mol. The Morgan fingerprint density at radius 3 is 1.17 bits per heavy atom. The monoisotopic (exact) mass is 476 g/mol. The molecule has 0 aromatic heterocycles. The second-order valence-electron chi connectivity index (χ2n) is 8.29. The van der Waals surface area contributed by atoms with Gasteiger partial charge in [0.25, 0.3) is 0 Å². The van der Waals surface area contributed by atoms with Crippen molar-refractivity contribution in [3.63, 3.8) is 0 Å². The number of carbonyl (C=O) groups is 2. The molecule has 4 nitrogen and oxygen atoms in total. The van der Waals surface area contributed by atoms with Gasteiger partial charge in [0.05, 0.1) is 26.4 Å². The van der Waals surface area contributed by atoms with Crippen LogP contribution in [-0.2, 0) is 22.7 Å². The molecule has 0 heterocycles. The van der Waals surface area contributed by atoms with E-state index in [0.717, 1.165) is 11.1 Å². The fourth-order valence-corrected chi connectivity index (χ4v) is 3.64. The molecule has 0 bridgehead atoms. The number of rotatable bonds is 12. The van der Waals surface area contributed by atoms with Crippen molar-refractivity contribution >= 4 is 11.6 Å². The van der Waals surface area contributed by atoms with Gasteiger partial charge in [0.15, 0.2) is 11.6 Å². The molecule has 4 rings (SSSR count). The molecule has 36 heavy (non-hydrogen) atoms. The van der Waals surface area contributed by atoms with E-state index in [1.807, 2.05) is 121 Å². The molecule has 0 saturated heterocycles. The lowest BCUT2D eigenvalue weighted by Gasteiger charge is -2.05. The Bertz CT molecular complexity index is 1170. The third kappa shape index (κ3) is 7.19. The standard InChI is InChI=1S/C32H28O4/c33-31(27-9-3-1-4-10-27)29-17-13-25(14-18-29)23-35-21-7-8-22-36-24-26-15-19-30(20-16-26)32(34)28-11-5-2-6-12-28/h1-20H,21-24H2. The summed E-state index contributed by atoms with van der Waals surface area (Å²) in [5.74, 6) is 0.0326. The minimum absolute atomic E-state index is 0.0163. The molecule has 0 spiro atoms. The van der Waals surface area contributed by atoms with E-state index in [-0.39, 0.29) is 11.6 Å².